The summed E-state index contributed by atoms with van der Waals surface area (Å²) in [7, 11) is 0. The number of hydrogen-bond acceptors (Lipinski definition) is 4. The summed E-state index contributed by atoms with van der Waals surface area (Å²) in [4.78, 5) is 16.3. The molecule has 0 bridgehead atoms. The third kappa shape index (κ3) is 7.26. The summed E-state index contributed by atoms with van der Waals surface area (Å²) in [6.45, 7) is 13.6. The van der Waals surface area contributed by atoms with E-state index in [-0.39, 0.29) is 17.5 Å². The van der Waals surface area contributed by atoms with Crippen LogP contribution in [0.3, 0.4) is 0 Å². The molecule has 0 saturated heterocycles. The van der Waals surface area contributed by atoms with Gasteiger partial charge in [0, 0.05) is 61.6 Å². The number of rotatable bonds is 5. The van der Waals surface area contributed by atoms with Crippen LogP contribution in [0, 0.1) is 0 Å². The molecule has 410 valence electrons. The first-order valence-corrected chi connectivity index (χ1v) is 30.7. The monoisotopic (exact) mass is 1110 g/mol. The van der Waals surface area contributed by atoms with Crippen molar-refractivity contribution in [3.05, 3.63) is 260 Å². The van der Waals surface area contributed by atoms with Crippen LogP contribution in [0.5, 0.6) is 0 Å². The Hall–Kier alpha value is -10.4. The minimum atomic E-state index is -0.212. The lowest BCUT2D eigenvalue weighted by molar-refractivity contribution is 0.590. The molecular formula is C82H59BN4. The van der Waals surface area contributed by atoms with Gasteiger partial charge in [0.05, 0.1) is 11.4 Å². The number of nitrogens with zero attached hydrogens (tertiary/aromatic N) is 4. The summed E-state index contributed by atoms with van der Waals surface area (Å²) in [5.74, 6) is 0.683. The molecule has 2 aliphatic heterocycles. The fraction of sp³-hybridized carbons (Fsp3) is 0.0976. The molecule has 3 heterocycles. The molecule has 0 aliphatic carbocycles. The second-order valence-corrected chi connectivity index (χ2v) is 26.4. The molecule has 0 N–H and O–H groups in total. The number of hydrogen-bond donors (Lipinski definition) is 0. The van der Waals surface area contributed by atoms with E-state index in [4.69, 9.17) is 9.97 Å². The van der Waals surface area contributed by atoms with Gasteiger partial charge in [-0.2, -0.15) is 0 Å². The second kappa shape index (κ2) is 18.1. The predicted molar refractivity (Wildman–Crippen MR) is 372 cm³/mol. The first-order valence-electron chi connectivity index (χ1n) is 30.7. The minimum Gasteiger partial charge on any atom is -0.311 e. The lowest BCUT2D eigenvalue weighted by atomic mass is 9.33. The molecule has 16 aromatic rings. The van der Waals surface area contributed by atoms with Crippen molar-refractivity contribution in [2.45, 2.75) is 52.4 Å². The average molecular weight is 1110 g/mol. The maximum atomic E-state index is 5.64. The standard InChI is InChI=1S/C82H59BN4/c1-81(2,3)53-35-39-55(40-36-53)86-71-43-52(70-47-69(48-19-9-7-10-20-48)84-80(85-70)51-21-11-8-12-22-51)44-72-77(71)83(67-45-65-61-29-15-25-49-23-13-27-57(73(49)61)59-31-17-33-63(75(59)65)78(67)86)68-46-66-62-30-16-26-50-24-14-28-58(74(50)62)60-32-18-34-64(76(60)66)79(68)87(72)56-41-37-54(38-42-56)82(4,5)6/h7-47H,1-6H3. The molecule has 18 rings (SSSR count). The van der Waals surface area contributed by atoms with Gasteiger partial charge in [0.1, 0.15) is 0 Å². The lowest BCUT2D eigenvalue weighted by Gasteiger charge is -2.45. The first kappa shape index (κ1) is 50.0. The van der Waals surface area contributed by atoms with Crippen molar-refractivity contribution < 1.29 is 0 Å². The normalized spacial score (nSPS) is 13.3. The van der Waals surface area contributed by atoms with Crippen molar-refractivity contribution in [1.82, 2.24) is 9.97 Å². The highest BCUT2D eigenvalue weighted by Crippen LogP contribution is 2.53. The van der Waals surface area contributed by atoms with E-state index in [2.05, 4.69) is 300 Å². The van der Waals surface area contributed by atoms with Crippen molar-refractivity contribution >= 4 is 143 Å². The second-order valence-electron chi connectivity index (χ2n) is 26.4. The van der Waals surface area contributed by atoms with Gasteiger partial charge in [-0.05, 0) is 156 Å². The van der Waals surface area contributed by atoms with E-state index in [1.807, 2.05) is 0 Å². The number of fused-ring (bicyclic) bond motifs is 10. The topological polar surface area (TPSA) is 32.3 Å². The molecule has 0 fully saturated rings. The van der Waals surface area contributed by atoms with E-state index in [1.165, 1.54) is 125 Å². The maximum absolute atomic E-state index is 5.64. The molecule has 0 radical (unpaired) electrons. The SMILES string of the molecule is CC(C)(C)c1ccc(N2c3cc(-c4cc(-c5ccccc5)nc(-c5ccccc5)n4)cc4c3B(c3cc5c6cccc7cccc(c8cccc(c32)c85)c76)c2cc3c5cccc6cccc(c7cccc(c2N4c2ccc(C(C)(C)C)cc2)c73)c65)cc1. The number of aromatic nitrogens is 2. The number of anilines is 6. The summed E-state index contributed by atoms with van der Waals surface area (Å²) in [5.41, 5.74) is 17.9. The zero-order valence-electron chi connectivity index (χ0n) is 49.5. The van der Waals surface area contributed by atoms with Crippen molar-refractivity contribution in [3.8, 4) is 33.9 Å². The molecule has 4 nitrogen and oxygen atoms in total. The van der Waals surface area contributed by atoms with Crippen LogP contribution in [-0.4, -0.2) is 16.7 Å². The fourth-order valence-electron chi connectivity index (χ4n) is 15.4. The Balaban J connectivity index is 1.05. The zero-order valence-corrected chi connectivity index (χ0v) is 49.5. The van der Waals surface area contributed by atoms with Crippen LogP contribution in [-0.2, 0) is 10.8 Å². The van der Waals surface area contributed by atoms with Crippen molar-refractivity contribution in [2.75, 3.05) is 9.80 Å². The van der Waals surface area contributed by atoms with Crippen LogP contribution in [0.25, 0.3) is 120 Å². The lowest BCUT2D eigenvalue weighted by Crippen LogP contribution is -2.61. The highest BCUT2D eigenvalue weighted by atomic mass is 15.2. The summed E-state index contributed by atoms with van der Waals surface area (Å²) in [5, 5.41) is 20.4. The molecule has 87 heavy (non-hydrogen) atoms. The third-order valence-electron chi connectivity index (χ3n) is 19.4. The zero-order chi connectivity index (χ0) is 58.2. The van der Waals surface area contributed by atoms with Gasteiger partial charge in [0.15, 0.2) is 5.82 Å². The molecule has 0 atom stereocenters. The van der Waals surface area contributed by atoms with Crippen molar-refractivity contribution in [1.29, 1.82) is 0 Å². The van der Waals surface area contributed by atoms with Gasteiger partial charge in [-0.3, -0.25) is 0 Å². The Labute approximate surface area is 506 Å². The minimum absolute atomic E-state index is 0.0507. The van der Waals surface area contributed by atoms with Crippen LogP contribution < -0.4 is 26.2 Å². The molecule has 0 spiro atoms. The van der Waals surface area contributed by atoms with E-state index < -0.39 is 0 Å². The Kier molecular flexibility index (Phi) is 10.4. The molecule has 5 heteroatoms. The van der Waals surface area contributed by atoms with E-state index in [0.717, 1.165) is 50.8 Å². The van der Waals surface area contributed by atoms with Crippen molar-refractivity contribution in [2.24, 2.45) is 0 Å². The van der Waals surface area contributed by atoms with E-state index in [0.29, 0.717) is 5.82 Å². The highest BCUT2D eigenvalue weighted by molar-refractivity contribution is 7.01. The fourth-order valence-corrected chi connectivity index (χ4v) is 15.4. The Morgan fingerprint density at radius 1 is 0.310 bits per heavy atom. The third-order valence-corrected chi connectivity index (χ3v) is 19.4. The van der Waals surface area contributed by atoms with Crippen LogP contribution in [0.4, 0.5) is 34.1 Å². The average Bonchev–Trinajstić information content (AvgIpc) is 0.687. The quantitative estimate of drug-likeness (QED) is 0.0977. The van der Waals surface area contributed by atoms with Crippen LogP contribution >= 0.6 is 0 Å². The Morgan fingerprint density at radius 3 is 1.10 bits per heavy atom. The van der Waals surface area contributed by atoms with Gasteiger partial charge >= 0.3 is 0 Å². The molecule has 2 aliphatic rings. The predicted octanol–water partition coefficient (Wildman–Crippen LogP) is 20.3. The van der Waals surface area contributed by atoms with E-state index in [1.54, 1.807) is 0 Å². The van der Waals surface area contributed by atoms with Gasteiger partial charge in [-0.1, -0.05) is 248 Å². The molecule has 0 unspecified atom stereocenters. The molecule has 0 saturated carbocycles. The largest absolute Gasteiger partial charge is 0.311 e. The maximum Gasteiger partial charge on any atom is 0.252 e. The van der Waals surface area contributed by atoms with Gasteiger partial charge in [-0.25, -0.2) is 9.97 Å². The first-order chi connectivity index (χ1) is 42.4. The molecule has 0 amide bonds. The smallest absolute Gasteiger partial charge is 0.252 e. The van der Waals surface area contributed by atoms with E-state index >= 15 is 0 Å². The summed E-state index contributed by atoms with van der Waals surface area (Å²) < 4.78 is 0. The highest BCUT2D eigenvalue weighted by Gasteiger charge is 2.46. The van der Waals surface area contributed by atoms with Gasteiger partial charge in [0.2, 0.25) is 0 Å². The molecular weight excluding hydrogens is 1050 g/mol. The van der Waals surface area contributed by atoms with Crippen LogP contribution in [0.1, 0.15) is 52.7 Å². The van der Waals surface area contributed by atoms with E-state index in [9.17, 15) is 0 Å². The van der Waals surface area contributed by atoms with Crippen LogP contribution in [0.15, 0.2) is 249 Å². The van der Waals surface area contributed by atoms with Gasteiger partial charge in [0.25, 0.3) is 6.71 Å². The van der Waals surface area contributed by atoms with Gasteiger partial charge in [-0.15, -0.1) is 0 Å². The summed E-state index contributed by atoms with van der Waals surface area (Å²) >= 11 is 0. The Bertz CT molecular complexity index is 5180. The molecule has 1 aromatic heterocycles. The van der Waals surface area contributed by atoms with Gasteiger partial charge < -0.3 is 9.80 Å². The summed E-state index contributed by atoms with van der Waals surface area (Å²) in [6, 6.07) is 94.0. The van der Waals surface area contributed by atoms with Crippen molar-refractivity contribution in [3.63, 3.8) is 0 Å². The molecule has 15 aromatic carbocycles. The van der Waals surface area contributed by atoms with Crippen LogP contribution in [0.2, 0.25) is 0 Å². The summed E-state index contributed by atoms with van der Waals surface area (Å²) in [6.07, 6.45) is 0. The number of benzene rings is 15. The Morgan fingerprint density at radius 2 is 0.678 bits per heavy atom.